The molecule has 5 nitrogen and oxygen atoms in total. The molecule has 20 heavy (non-hydrogen) atoms. The molecule has 0 aromatic carbocycles. The quantitative estimate of drug-likeness (QED) is 0.817. The van der Waals surface area contributed by atoms with Crippen molar-refractivity contribution in [2.45, 2.75) is 39.7 Å². The Labute approximate surface area is 123 Å². The number of rotatable bonds is 7. The van der Waals surface area contributed by atoms with Gasteiger partial charge in [0.25, 0.3) is 0 Å². The topological polar surface area (TPSA) is 62.7 Å². The zero-order chi connectivity index (χ0) is 14.4. The van der Waals surface area contributed by atoms with Gasteiger partial charge in [-0.3, -0.25) is 0 Å². The molecular formula is C14H21N5S. The lowest BCUT2D eigenvalue weighted by atomic mass is 10.3. The molecule has 6 heteroatoms. The molecule has 0 fully saturated rings. The van der Waals surface area contributed by atoms with Crippen LogP contribution >= 0.6 is 11.3 Å². The monoisotopic (exact) mass is 291 g/mol. The Hall–Kier alpha value is -1.69. The minimum atomic E-state index is 0.147. The largest absolute Gasteiger partial charge is 0.370 e. The van der Waals surface area contributed by atoms with Gasteiger partial charge in [0.2, 0.25) is 0 Å². The fourth-order valence-corrected chi connectivity index (χ4v) is 2.62. The normalized spacial score (nSPS) is 12.2. The van der Waals surface area contributed by atoms with Crippen LogP contribution in [0.3, 0.4) is 0 Å². The van der Waals surface area contributed by atoms with Gasteiger partial charge in [-0.25, -0.2) is 15.0 Å². The van der Waals surface area contributed by atoms with Crippen LogP contribution in [0.2, 0.25) is 0 Å². The Kier molecular flexibility index (Phi) is 5.29. The molecule has 2 aromatic heterocycles. The summed E-state index contributed by atoms with van der Waals surface area (Å²) in [6.07, 6.45) is 5.63. The first kappa shape index (κ1) is 14.7. The summed E-state index contributed by atoms with van der Waals surface area (Å²) < 4.78 is 0. The van der Waals surface area contributed by atoms with Gasteiger partial charge in [0.15, 0.2) is 0 Å². The summed E-state index contributed by atoms with van der Waals surface area (Å²) in [5, 5.41) is 7.71. The molecule has 108 valence electrons. The van der Waals surface area contributed by atoms with Gasteiger partial charge in [-0.2, -0.15) is 0 Å². The van der Waals surface area contributed by atoms with E-state index >= 15 is 0 Å². The maximum atomic E-state index is 4.45. The molecule has 0 amide bonds. The van der Waals surface area contributed by atoms with Gasteiger partial charge in [0, 0.05) is 23.7 Å². The van der Waals surface area contributed by atoms with E-state index in [-0.39, 0.29) is 6.04 Å². The SMILES string of the molecule is CCCNc1cc(NC(C)c2ncc(CC)s2)ncn1. The highest BCUT2D eigenvalue weighted by Crippen LogP contribution is 2.23. The van der Waals surface area contributed by atoms with Gasteiger partial charge < -0.3 is 10.6 Å². The third-order valence-corrected chi connectivity index (χ3v) is 4.20. The van der Waals surface area contributed by atoms with Gasteiger partial charge in [0.1, 0.15) is 23.0 Å². The van der Waals surface area contributed by atoms with Crippen LogP contribution in [0, 0.1) is 0 Å². The van der Waals surface area contributed by atoms with Gasteiger partial charge in [0.05, 0.1) is 6.04 Å². The van der Waals surface area contributed by atoms with E-state index in [1.54, 1.807) is 17.7 Å². The van der Waals surface area contributed by atoms with Gasteiger partial charge in [-0.1, -0.05) is 13.8 Å². The van der Waals surface area contributed by atoms with E-state index in [1.165, 1.54) is 4.88 Å². The number of aryl methyl sites for hydroxylation is 1. The van der Waals surface area contributed by atoms with Crippen molar-refractivity contribution in [3.8, 4) is 0 Å². The molecule has 1 atom stereocenters. The Balaban J connectivity index is 2.01. The van der Waals surface area contributed by atoms with E-state index in [9.17, 15) is 0 Å². The summed E-state index contributed by atoms with van der Waals surface area (Å²) in [5.74, 6) is 1.67. The Morgan fingerprint density at radius 2 is 2.00 bits per heavy atom. The van der Waals surface area contributed by atoms with Crippen LogP contribution in [0.4, 0.5) is 11.6 Å². The molecule has 2 aromatic rings. The Morgan fingerprint density at radius 3 is 2.70 bits per heavy atom. The van der Waals surface area contributed by atoms with E-state index in [2.05, 4.69) is 46.4 Å². The third-order valence-electron chi connectivity index (χ3n) is 2.88. The zero-order valence-electron chi connectivity index (χ0n) is 12.2. The molecule has 1 unspecified atom stereocenters. The lowest BCUT2D eigenvalue weighted by Gasteiger charge is -2.12. The molecule has 0 bridgehead atoms. The molecule has 2 N–H and O–H groups in total. The lowest BCUT2D eigenvalue weighted by molar-refractivity contribution is 0.857. The van der Waals surface area contributed by atoms with Gasteiger partial charge in [-0.05, 0) is 19.8 Å². The summed E-state index contributed by atoms with van der Waals surface area (Å²) in [6, 6.07) is 2.08. The van der Waals surface area contributed by atoms with E-state index in [1.807, 2.05) is 12.3 Å². The second-order valence-electron chi connectivity index (χ2n) is 4.60. The van der Waals surface area contributed by atoms with Gasteiger partial charge >= 0.3 is 0 Å². The van der Waals surface area contributed by atoms with Crippen molar-refractivity contribution in [3.63, 3.8) is 0 Å². The number of thiazole rings is 1. The highest BCUT2D eigenvalue weighted by Gasteiger charge is 2.11. The van der Waals surface area contributed by atoms with Crippen molar-refractivity contribution >= 4 is 23.0 Å². The second-order valence-corrected chi connectivity index (χ2v) is 5.75. The van der Waals surface area contributed by atoms with Gasteiger partial charge in [-0.15, -0.1) is 11.3 Å². The van der Waals surface area contributed by atoms with E-state index in [4.69, 9.17) is 0 Å². The van der Waals surface area contributed by atoms with E-state index in [0.29, 0.717) is 0 Å². The average molecular weight is 291 g/mol. The van der Waals surface area contributed by atoms with Crippen molar-refractivity contribution in [1.29, 1.82) is 0 Å². The predicted octanol–water partition coefficient (Wildman–Crippen LogP) is 3.49. The summed E-state index contributed by atoms with van der Waals surface area (Å²) in [6.45, 7) is 7.28. The van der Waals surface area contributed by atoms with Crippen molar-refractivity contribution in [3.05, 3.63) is 28.5 Å². The molecule has 0 aliphatic rings. The second kappa shape index (κ2) is 7.19. The number of hydrogen-bond acceptors (Lipinski definition) is 6. The molecule has 0 saturated carbocycles. The molecule has 0 aliphatic carbocycles. The fourth-order valence-electron chi connectivity index (χ4n) is 1.76. The maximum absolute atomic E-state index is 4.45. The molecule has 0 aliphatic heterocycles. The molecule has 2 heterocycles. The Bertz CT molecular complexity index is 540. The Morgan fingerprint density at radius 1 is 1.20 bits per heavy atom. The van der Waals surface area contributed by atoms with Crippen molar-refractivity contribution in [2.75, 3.05) is 17.2 Å². The van der Waals surface area contributed by atoms with E-state index in [0.717, 1.165) is 36.0 Å². The number of nitrogens with zero attached hydrogens (tertiary/aromatic N) is 3. The van der Waals surface area contributed by atoms with Crippen LogP contribution in [-0.4, -0.2) is 21.5 Å². The van der Waals surface area contributed by atoms with Crippen LogP contribution in [-0.2, 0) is 6.42 Å². The number of nitrogens with one attached hydrogen (secondary N) is 2. The third kappa shape index (κ3) is 3.90. The minimum Gasteiger partial charge on any atom is -0.370 e. The van der Waals surface area contributed by atoms with Crippen molar-refractivity contribution < 1.29 is 0 Å². The highest BCUT2D eigenvalue weighted by molar-refractivity contribution is 7.11. The summed E-state index contributed by atoms with van der Waals surface area (Å²) in [7, 11) is 0. The summed E-state index contributed by atoms with van der Waals surface area (Å²) >= 11 is 1.75. The molecule has 2 rings (SSSR count). The van der Waals surface area contributed by atoms with Crippen LogP contribution in [0.1, 0.15) is 43.1 Å². The van der Waals surface area contributed by atoms with Crippen molar-refractivity contribution in [2.24, 2.45) is 0 Å². The predicted molar refractivity (Wildman–Crippen MR) is 84.3 cm³/mol. The minimum absolute atomic E-state index is 0.147. The van der Waals surface area contributed by atoms with Crippen LogP contribution in [0.15, 0.2) is 18.6 Å². The molecular weight excluding hydrogens is 270 g/mol. The van der Waals surface area contributed by atoms with Crippen LogP contribution in [0.25, 0.3) is 0 Å². The average Bonchev–Trinajstić information content (AvgIpc) is 2.94. The summed E-state index contributed by atoms with van der Waals surface area (Å²) in [5.41, 5.74) is 0. The maximum Gasteiger partial charge on any atom is 0.132 e. The molecule has 0 saturated heterocycles. The molecule has 0 spiro atoms. The van der Waals surface area contributed by atoms with Crippen molar-refractivity contribution in [1.82, 2.24) is 15.0 Å². The standard InChI is InChI=1S/C14H21N5S/c1-4-6-15-12-7-13(18-9-17-12)19-10(3)14-16-8-11(5-2)20-14/h7-10H,4-6H2,1-3H3,(H2,15,17,18,19). The van der Waals surface area contributed by atoms with Crippen LogP contribution < -0.4 is 10.6 Å². The zero-order valence-corrected chi connectivity index (χ0v) is 13.0. The first-order valence-corrected chi connectivity index (χ1v) is 7.81. The smallest absolute Gasteiger partial charge is 0.132 e. The fraction of sp³-hybridized carbons (Fsp3) is 0.500. The lowest BCUT2D eigenvalue weighted by Crippen LogP contribution is -2.09. The number of hydrogen-bond donors (Lipinski definition) is 2. The first-order valence-electron chi connectivity index (χ1n) is 7.00. The summed E-state index contributed by atoms with van der Waals surface area (Å²) in [4.78, 5) is 14.2. The number of anilines is 2. The first-order chi connectivity index (χ1) is 9.72. The van der Waals surface area contributed by atoms with Crippen LogP contribution in [0.5, 0.6) is 0 Å². The highest BCUT2D eigenvalue weighted by atomic mass is 32.1. The molecule has 0 radical (unpaired) electrons. The number of aromatic nitrogens is 3. The van der Waals surface area contributed by atoms with E-state index < -0.39 is 0 Å².